The molecule has 0 saturated carbocycles. The van der Waals surface area contributed by atoms with E-state index in [1.807, 2.05) is 54.6 Å². The van der Waals surface area contributed by atoms with Gasteiger partial charge < -0.3 is 15.6 Å². The average molecular weight is 243 g/mol. The third-order valence-electron chi connectivity index (χ3n) is 2.74. The van der Waals surface area contributed by atoms with Crippen molar-refractivity contribution in [3.8, 4) is 5.75 Å². The van der Waals surface area contributed by atoms with Crippen molar-refractivity contribution >= 4 is 0 Å². The maximum Gasteiger partial charge on any atom is 0.119 e. The van der Waals surface area contributed by atoms with Crippen LogP contribution in [0, 0.1) is 0 Å². The van der Waals surface area contributed by atoms with Crippen LogP contribution in [0.3, 0.4) is 0 Å². The molecule has 0 aliphatic carbocycles. The van der Waals surface area contributed by atoms with Crippen LogP contribution in [0.25, 0.3) is 0 Å². The van der Waals surface area contributed by atoms with Gasteiger partial charge in [-0.2, -0.15) is 0 Å². The normalized spacial score (nSPS) is 12.1. The van der Waals surface area contributed by atoms with E-state index >= 15 is 0 Å². The van der Waals surface area contributed by atoms with Crippen LogP contribution in [0.5, 0.6) is 5.75 Å². The number of nitrogens with two attached hydrogens (primary N) is 1. The van der Waals surface area contributed by atoms with Gasteiger partial charge in [0.25, 0.3) is 0 Å². The molecule has 0 saturated heterocycles. The molecule has 3 heteroatoms. The van der Waals surface area contributed by atoms with E-state index in [2.05, 4.69) is 0 Å². The number of aliphatic hydroxyl groups excluding tert-OH is 1. The minimum Gasteiger partial charge on any atom is -0.489 e. The summed E-state index contributed by atoms with van der Waals surface area (Å²) < 4.78 is 5.65. The molecule has 0 amide bonds. The third kappa shape index (κ3) is 3.32. The lowest BCUT2D eigenvalue weighted by Crippen LogP contribution is -2.11. The van der Waals surface area contributed by atoms with E-state index in [9.17, 15) is 5.11 Å². The first-order valence-corrected chi connectivity index (χ1v) is 5.94. The molecule has 1 atom stereocenters. The van der Waals surface area contributed by atoms with Crippen molar-refractivity contribution in [1.29, 1.82) is 0 Å². The van der Waals surface area contributed by atoms with Crippen molar-refractivity contribution in [2.45, 2.75) is 12.7 Å². The minimum absolute atomic E-state index is 0.226. The molecule has 0 radical (unpaired) electrons. The highest BCUT2D eigenvalue weighted by Gasteiger charge is 2.04. The van der Waals surface area contributed by atoms with Gasteiger partial charge in [0.2, 0.25) is 0 Å². The first-order chi connectivity index (χ1) is 8.79. The van der Waals surface area contributed by atoms with Crippen LogP contribution in [-0.2, 0) is 6.61 Å². The monoisotopic (exact) mass is 243 g/mol. The highest BCUT2D eigenvalue weighted by Crippen LogP contribution is 2.18. The van der Waals surface area contributed by atoms with Crippen LogP contribution in [-0.4, -0.2) is 11.7 Å². The molecule has 2 aromatic carbocycles. The van der Waals surface area contributed by atoms with Gasteiger partial charge >= 0.3 is 0 Å². The number of aliphatic hydroxyl groups is 1. The van der Waals surface area contributed by atoms with Gasteiger partial charge in [0.15, 0.2) is 0 Å². The lowest BCUT2D eigenvalue weighted by molar-refractivity contribution is 0.186. The predicted octanol–water partition coefficient (Wildman–Crippen LogP) is 2.26. The van der Waals surface area contributed by atoms with Gasteiger partial charge in [0.05, 0.1) is 6.10 Å². The Bertz CT molecular complexity index is 468. The highest BCUT2D eigenvalue weighted by atomic mass is 16.5. The quantitative estimate of drug-likeness (QED) is 0.847. The predicted molar refractivity (Wildman–Crippen MR) is 71.2 cm³/mol. The van der Waals surface area contributed by atoms with E-state index in [0.717, 1.165) is 16.9 Å². The first kappa shape index (κ1) is 12.6. The Morgan fingerprint density at radius 2 is 1.67 bits per heavy atom. The zero-order valence-corrected chi connectivity index (χ0v) is 10.1. The molecule has 0 aliphatic rings. The Hall–Kier alpha value is -1.84. The molecule has 3 nitrogen and oxygen atoms in total. The molecule has 0 aliphatic heterocycles. The van der Waals surface area contributed by atoms with Crippen LogP contribution in [0.15, 0.2) is 54.6 Å². The molecule has 0 spiro atoms. The van der Waals surface area contributed by atoms with Gasteiger partial charge in [0.1, 0.15) is 12.4 Å². The SMILES string of the molecule is NCC(O)c1ccc(OCc2ccccc2)cc1. The number of benzene rings is 2. The van der Waals surface area contributed by atoms with Crippen LogP contribution >= 0.6 is 0 Å². The second kappa shape index (κ2) is 6.19. The maximum atomic E-state index is 9.56. The van der Waals surface area contributed by atoms with Crippen molar-refractivity contribution in [2.24, 2.45) is 5.73 Å². The zero-order chi connectivity index (χ0) is 12.8. The molecule has 94 valence electrons. The summed E-state index contributed by atoms with van der Waals surface area (Å²) in [6.07, 6.45) is -0.604. The fourth-order valence-corrected chi connectivity index (χ4v) is 1.66. The summed E-state index contributed by atoms with van der Waals surface area (Å²) in [6, 6.07) is 17.3. The molecule has 18 heavy (non-hydrogen) atoms. The van der Waals surface area contributed by atoms with E-state index in [4.69, 9.17) is 10.5 Å². The summed E-state index contributed by atoms with van der Waals surface area (Å²) in [5, 5.41) is 9.56. The summed E-state index contributed by atoms with van der Waals surface area (Å²) in [5.41, 5.74) is 7.33. The van der Waals surface area contributed by atoms with Gasteiger partial charge in [0, 0.05) is 6.54 Å². The second-order valence-corrected chi connectivity index (χ2v) is 4.09. The highest BCUT2D eigenvalue weighted by molar-refractivity contribution is 5.29. The van der Waals surface area contributed by atoms with Gasteiger partial charge in [-0.3, -0.25) is 0 Å². The molecule has 2 rings (SSSR count). The van der Waals surface area contributed by atoms with Crippen molar-refractivity contribution in [1.82, 2.24) is 0 Å². The summed E-state index contributed by atoms with van der Waals surface area (Å²) in [7, 11) is 0. The van der Waals surface area contributed by atoms with E-state index in [1.165, 1.54) is 0 Å². The van der Waals surface area contributed by atoms with Crippen LogP contribution in [0.4, 0.5) is 0 Å². The zero-order valence-electron chi connectivity index (χ0n) is 10.1. The molecule has 0 heterocycles. The Morgan fingerprint density at radius 1 is 1.00 bits per heavy atom. The molecular weight excluding hydrogens is 226 g/mol. The van der Waals surface area contributed by atoms with Gasteiger partial charge in [-0.1, -0.05) is 42.5 Å². The second-order valence-electron chi connectivity index (χ2n) is 4.09. The lowest BCUT2D eigenvalue weighted by Gasteiger charge is -2.10. The first-order valence-electron chi connectivity index (χ1n) is 5.94. The maximum absolute atomic E-state index is 9.56. The van der Waals surface area contributed by atoms with Crippen LogP contribution in [0.2, 0.25) is 0 Å². The average Bonchev–Trinajstić information content (AvgIpc) is 2.46. The molecule has 1 unspecified atom stereocenters. The van der Waals surface area contributed by atoms with E-state index in [1.54, 1.807) is 0 Å². The summed E-state index contributed by atoms with van der Waals surface area (Å²) >= 11 is 0. The lowest BCUT2D eigenvalue weighted by atomic mass is 10.1. The van der Waals surface area contributed by atoms with E-state index < -0.39 is 6.10 Å². The Kier molecular flexibility index (Phi) is 4.34. The van der Waals surface area contributed by atoms with E-state index in [-0.39, 0.29) is 6.54 Å². The molecule has 0 aromatic heterocycles. The third-order valence-corrected chi connectivity index (χ3v) is 2.74. The fourth-order valence-electron chi connectivity index (χ4n) is 1.66. The standard InChI is InChI=1S/C15H17NO2/c16-10-15(17)13-6-8-14(9-7-13)18-11-12-4-2-1-3-5-12/h1-9,15,17H,10-11,16H2. The molecule has 0 fully saturated rings. The largest absolute Gasteiger partial charge is 0.489 e. The van der Waals surface area contributed by atoms with Gasteiger partial charge in [-0.05, 0) is 23.3 Å². The van der Waals surface area contributed by atoms with Crippen molar-refractivity contribution in [3.63, 3.8) is 0 Å². The topological polar surface area (TPSA) is 55.5 Å². The summed E-state index contributed by atoms with van der Waals surface area (Å²) in [5.74, 6) is 0.784. The molecule has 0 bridgehead atoms. The number of hydrogen-bond donors (Lipinski definition) is 2. The van der Waals surface area contributed by atoms with E-state index in [0.29, 0.717) is 6.61 Å². The Labute approximate surface area is 107 Å². The minimum atomic E-state index is -0.604. The molecular formula is C15H17NO2. The van der Waals surface area contributed by atoms with Crippen LogP contribution in [0.1, 0.15) is 17.2 Å². The van der Waals surface area contributed by atoms with Crippen LogP contribution < -0.4 is 10.5 Å². The van der Waals surface area contributed by atoms with Crippen molar-refractivity contribution in [2.75, 3.05) is 6.54 Å². The molecule has 3 N–H and O–H groups in total. The Balaban J connectivity index is 1.94. The number of rotatable bonds is 5. The van der Waals surface area contributed by atoms with Crippen molar-refractivity contribution < 1.29 is 9.84 Å². The molecule has 2 aromatic rings. The van der Waals surface area contributed by atoms with Gasteiger partial charge in [-0.15, -0.1) is 0 Å². The summed E-state index contributed by atoms with van der Waals surface area (Å²) in [4.78, 5) is 0. The van der Waals surface area contributed by atoms with Gasteiger partial charge in [-0.25, -0.2) is 0 Å². The number of ether oxygens (including phenoxy) is 1. The summed E-state index contributed by atoms with van der Waals surface area (Å²) in [6.45, 7) is 0.768. The Morgan fingerprint density at radius 3 is 2.28 bits per heavy atom. The fraction of sp³-hybridized carbons (Fsp3) is 0.200. The van der Waals surface area contributed by atoms with Crippen molar-refractivity contribution in [3.05, 3.63) is 65.7 Å². The number of hydrogen-bond acceptors (Lipinski definition) is 3. The smallest absolute Gasteiger partial charge is 0.119 e.